The van der Waals surface area contributed by atoms with Crippen molar-refractivity contribution in [3.05, 3.63) is 60.4 Å². The molecule has 2 aromatic carbocycles. The molecular formula is C19H18N2O3. The molecule has 0 fully saturated rings. The van der Waals surface area contributed by atoms with Gasteiger partial charge in [0.1, 0.15) is 5.58 Å². The lowest BCUT2D eigenvalue weighted by atomic mass is 10.2. The third-order valence-electron chi connectivity index (χ3n) is 3.53. The Morgan fingerprint density at radius 3 is 2.46 bits per heavy atom. The number of amides is 2. The van der Waals surface area contributed by atoms with Gasteiger partial charge in [0, 0.05) is 23.2 Å². The van der Waals surface area contributed by atoms with Crippen LogP contribution in [0.25, 0.3) is 11.0 Å². The van der Waals surface area contributed by atoms with Crippen LogP contribution in [-0.2, 0) is 4.79 Å². The van der Waals surface area contributed by atoms with Crippen LogP contribution in [0, 0.1) is 0 Å². The number of furan rings is 1. The van der Waals surface area contributed by atoms with E-state index in [1.807, 2.05) is 31.2 Å². The van der Waals surface area contributed by atoms with Crippen LogP contribution in [0.2, 0.25) is 0 Å². The highest BCUT2D eigenvalue weighted by molar-refractivity contribution is 6.05. The molecule has 0 aliphatic rings. The van der Waals surface area contributed by atoms with E-state index in [9.17, 15) is 9.59 Å². The molecule has 5 nitrogen and oxygen atoms in total. The number of carbonyl (C=O) groups is 2. The summed E-state index contributed by atoms with van der Waals surface area (Å²) in [6, 6.07) is 16.2. The van der Waals surface area contributed by atoms with Gasteiger partial charge < -0.3 is 15.1 Å². The Bertz CT molecular complexity index is 850. The molecule has 0 saturated carbocycles. The molecule has 0 atom stereocenters. The summed E-state index contributed by atoms with van der Waals surface area (Å²) in [6.07, 6.45) is 1.25. The number of para-hydroxylation sites is 1. The Morgan fingerprint density at radius 2 is 1.71 bits per heavy atom. The lowest BCUT2D eigenvalue weighted by molar-refractivity contribution is -0.116. The first-order valence-electron chi connectivity index (χ1n) is 7.85. The van der Waals surface area contributed by atoms with E-state index in [1.54, 1.807) is 30.3 Å². The normalized spacial score (nSPS) is 10.5. The predicted molar refractivity (Wildman–Crippen MR) is 94.1 cm³/mol. The summed E-state index contributed by atoms with van der Waals surface area (Å²) >= 11 is 0. The predicted octanol–water partition coefficient (Wildman–Crippen LogP) is 4.42. The van der Waals surface area contributed by atoms with Crippen molar-refractivity contribution in [3.63, 3.8) is 0 Å². The summed E-state index contributed by atoms with van der Waals surface area (Å²) in [7, 11) is 0. The molecule has 3 rings (SSSR count). The average molecular weight is 322 g/mol. The van der Waals surface area contributed by atoms with Crippen LogP contribution in [0.3, 0.4) is 0 Å². The maximum absolute atomic E-state index is 12.3. The van der Waals surface area contributed by atoms with Crippen LogP contribution in [0.5, 0.6) is 0 Å². The van der Waals surface area contributed by atoms with E-state index in [-0.39, 0.29) is 17.6 Å². The largest absolute Gasteiger partial charge is 0.451 e. The van der Waals surface area contributed by atoms with E-state index < -0.39 is 0 Å². The number of hydrogen-bond acceptors (Lipinski definition) is 3. The first-order chi connectivity index (χ1) is 11.7. The van der Waals surface area contributed by atoms with E-state index in [2.05, 4.69) is 10.6 Å². The Labute approximate surface area is 139 Å². The summed E-state index contributed by atoms with van der Waals surface area (Å²) in [6.45, 7) is 1.95. The number of nitrogens with one attached hydrogen (secondary N) is 2. The molecule has 122 valence electrons. The van der Waals surface area contributed by atoms with E-state index >= 15 is 0 Å². The monoisotopic (exact) mass is 322 g/mol. The van der Waals surface area contributed by atoms with Gasteiger partial charge in [0.05, 0.1) is 0 Å². The van der Waals surface area contributed by atoms with E-state index in [0.717, 1.165) is 11.8 Å². The lowest BCUT2D eigenvalue weighted by Gasteiger charge is -2.07. The second-order valence-electron chi connectivity index (χ2n) is 5.48. The Morgan fingerprint density at radius 1 is 0.958 bits per heavy atom. The number of anilines is 2. The van der Waals surface area contributed by atoms with Gasteiger partial charge in [0.25, 0.3) is 5.91 Å². The summed E-state index contributed by atoms with van der Waals surface area (Å²) in [5, 5.41) is 6.46. The summed E-state index contributed by atoms with van der Waals surface area (Å²) in [4.78, 5) is 24.0. The van der Waals surface area contributed by atoms with Gasteiger partial charge in [-0.2, -0.15) is 0 Å². The zero-order valence-corrected chi connectivity index (χ0v) is 13.3. The zero-order chi connectivity index (χ0) is 16.9. The molecule has 3 aromatic rings. The van der Waals surface area contributed by atoms with Gasteiger partial charge in [-0.15, -0.1) is 0 Å². The number of hydrogen-bond donors (Lipinski definition) is 2. The van der Waals surface area contributed by atoms with Crippen molar-refractivity contribution >= 4 is 34.2 Å². The fraction of sp³-hybridized carbons (Fsp3) is 0.158. The molecule has 0 spiro atoms. The molecule has 5 heteroatoms. The topological polar surface area (TPSA) is 71.3 Å². The van der Waals surface area contributed by atoms with Crippen LogP contribution < -0.4 is 10.6 Å². The minimum Gasteiger partial charge on any atom is -0.451 e. The van der Waals surface area contributed by atoms with Crippen LogP contribution in [-0.4, -0.2) is 11.8 Å². The van der Waals surface area contributed by atoms with Gasteiger partial charge in [-0.05, 0) is 36.8 Å². The number of fused-ring (bicyclic) bond motifs is 1. The molecule has 0 aliphatic heterocycles. The van der Waals surface area contributed by atoms with Crippen molar-refractivity contribution in [1.29, 1.82) is 0 Å². The minimum atomic E-state index is -0.330. The smallest absolute Gasteiger partial charge is 0.291 e. The highest BCUT2D eigenvalue weighted by Crippen LogP contribution is 2.21. The Balaban J connectivity index is 1.73. The standard InChI is InChI=1S/C19H18N2O3/c1-2-6-18(22)20-14-8-5-9-15(12-14)21-19(23)17-11-13-7-3-4-10-16(13)24-17/h3-5,7-12H,2,6H2,1H3,(H,20,22)(H,21,23). The van der Waals surface area contributed by atoms with Crippen molar-refractivity contribution in [2.45, 2.75) is 19.8 Å². The highest BCUT2D eigenvalue weighted by Gasteiger charge is 2.12. The van der Waals surface area contributed by atoms with Crippen molar-refractivity contribution in [3.8, 4) is 0 Å². The third kappa shape index (κ3) is 3.63. The van der Waals surface area contributed by atoms with Gasteiger partial charge in [0.2, 0.25) is 5.91 Å². The third-order valence-corrected chi connectivity index (χ3v) is 3.53. The lowest BCUT2D eigenvalue weighted by Crippen LogP contribution is -2.13. The second kappa shape index (κ2) is 7.00. The maximum Gasteiger partial charge on any atom is 0.291 e. The molecule has 0 bridgehead atoms. The molecule has 1 heterocycles. The van der Waals surface area contributed by atoms with Gasteiger partial charge >= 0.3 is 0 Å². The molecular weight excluding hydrogens is 304 g/mol. The number of benzene rings is 2. The second-order valence-corrected chi connectivity index (χ2v) is 5.48. The van der Waals surface area contributed by atoms with E-state index in [4.69, 9.17) is 4.42 Å². The van der Waals surface area contributed by atoms with Crippen LogP contribution in [0.1, 0.15) is 30.3 Å². The summed E-state index contributed by atoms with van der Waals surface area (Å²) < 4.78 is 5.55. The van der Waals surface area contributed by atoms with Crippen LogP contribution in [0.15, 0.2) is 59.0 Å². The van der Waals surface area contributed by atoms with Crippen molar-refractivity contribution in [1.82, 2.24) is 0 Å². The molecule has 1 aromatic heterocycles. The number of carbonyl (C=O) groups excluding carboxylic acids is 2. The van der Waals surface area contributed by atoms with E-state index in [0.29, 0.717) is 23.4 Å². The first-order valence-corrected chi connectivity index (χ1v) is 7.85. The molecule has 24 heavy (non-hydrogen) atoms. The van der Waals surface area contributed by atoms with Crippen molar-refractivity contribution in [2.75, 3.05) is 10.6 Å². The quantitative estimate of drug-likeness (QED) is 0.730. The maximum atomic E-state index is 12.3. The minimum absolute atomic E-state index is 0.0433. The van der Waals surface area contributed by atoms with Crippen LogP contribution >= 0.6 is 0 Å². The number of rotatable bonds is 5. The molecule has 0 radical (unpaired) electrons. The fourth-order valence-corrected chi connectivity index (χ4v) is 2.41. The van der Waals surface area contributed by atoms with Gasteiger partial charge in [-0.3, -0.25) is 9.59 Å². The van der Waals surface area contributed by atoms with Gasteiger partial charge in [-0.25, -0.2) is 0 Å². The molecule has 0 saturated heterocycles. The average Bonchev–Trinajstić information content (AvgIpc) is 2.99. The van der Waals surface area contributed by atoms with Crippen molar-refractivity contribution < 1.29 is 14.0 Å². The van der Waals surface area contributed by atoms with Gasteiger partial charge in [0.15, 0.2) is 5.76 Å². The van der Waals surface area contributed by atoms with Crippen molar-refractivity contribution in [2.24, 2.45) is 0 Å². The Hall–Kier alpha value is -3.08. The van der Waals surface area contributed by atoms with E-state index in [1.165, 1.54) is 0 Å². The fourth-order valence-electron chi connectivity index (χ4n) is 2.41. The van der Waals surface area contributed by atoms with Gasteiger partial charge in [-0.1, -0.05) is 31.2 Å². The van der Waals surface area contributed by atoms with Crippen LogP contribution in [0.4, 0.5) is 11.4 Å². The molecule has 0 unspecified atom stereocenters. The molecule has 2 N–H and O–H groups in total. The first kappa shape index (κ1) is 15.8. The highest BCUT2D eigenvalue weighted by atomic mass is 16.3. The Kier molecular flexibility index (Phi) is 4.61. The molecule has 0 aliphatic carbocycles. The SMILES string of the molecule is CCCC(=O)Nc1cccc(NC(=O)c2cc3ccccc3o2)c1. The zero-order valence-electron chi connectivity index (χ0n) is 13.3. The summed E-state index contributed by atoms with van der Waals surface area (Å²) in [5.74, 6) is -0.127. The molecule has 2 amide bonds. The summed E-state index contributed by atoms with van der Waals surface area (Å²) in [5.41, 5.74) is 1.91.